The summed E-state index contributed by atoms with van der Waals surface area (Å²) in [5.41, 5.74) is 7.94. The molecule has 0 heterocycles. The van der Waals surface area contributed by atoms with Crippen LogP contribution in [0.25, 0.3) is 5.53 Å². The minimum Gasteiger partial charge on any atom is -0.504 e. The van der Waals surface area contributed by atoms with Crippen molar-refractivity contribution in [2.45, 2.75) is 5.25 Å². The molecule has 11 nitrogen and oxygen atoms in total. The maximum Gasteiger partial charge on any atom is 0.367 e. The molecule has 0 spiro atoms. The van der Waals surface area contributed by atoms with Crippen molar-refractivity contribution in [1.29, 1.82) is 0 Å². The summed E-state index contributed by atoms with van der Waals surface area (Å²) in [7, 11) is -4.87. The number of Topliss-reactive ketones (excluding diaryl/α,β-unsaturated/α-hetero) is 2. The Kier molecular flexibility index (Phi) is 6.92. The van der Waals surface area contributed by atoms with E-state index in [1.807, 2.05) is 0 Å². The Balaban J connectivity index is 0.000000196. The van der Waals surface area contributed by atoms with Crippen LogP contribution in [0.2, 0.25) is 0 Å². The molecule has 12 heteroatoms. The first kappa shape index (κ1) is 25.0. The van der Waals surface area contributed by atoms with Gasteiger partial charge in [0.05, 0.1) is 5.56 Å². The lowest BCUT2D eigenvalue weighted by atomic mass is 9.88. The van der Waals surface area contributed by atoms with Crippen LogP contribution in [0.15, 0.2) is 66.7 Å². The van der Waals surface area contributed by atoms with Crippen LogP contribution in [0.1, 0.15) is 36.6 Å². The minimum atomic E-state index is -4.87. The Labute approximate surface area is 197 Å². The van der Waals surface area contributed by atoms with E-state index in [9.17, 15) is 33.0 Å². The number of carbonyl (C=O) groups is 3. The summed E-state index contributed by atoms with van der Waals surface area (Å²) in [6.07, 6.45) is 0. The maximum atomic E-state index is 12.0. The number of aromatic hydroxyl groups is 3. The number of fused-ring (bicyclic) bond motifs is 1. The van der Waals surface area contributed by atoms with Crippen molar-refractivity contribution in [1.82, 2.24) is 0 Å². The molecule has 35 heavy (non-hydrogen) atoms. The summed E-state index contributed by atoms with van der Waals surface area (Å²) in [5.74, 6) is -4.09. The van der Waals surface area contributed by atoms with Crippen molar-refractivity contribution in [3.8, 4) is 17.2 Å². The Morgan fingerprint density at radius 3 is 1.97 bits per heavy atom. The van der Waals surface area contributed by atoms with Crippen molar-refractivity contribution >= 4 is 33.2 Å². The number of phenols is 3. The third-order valence-electron chi connectivity index (χ3n) is 4.97. The first-order valence-corrected chi connectivity index (χ1v) is 11.2. The van der Waals surface area contributed by atoms with E-state index in [-0.39, 0.29) is 16.7 Å². The largest absolute Gasteiger partial charge is 0.504 e. The molecule has 4 rings (SSSR count). The summed E-state index contributed by atoms with van der Waals surface area (Å²) in [6, 6.07) is 16.3. The molecular weight excluding hydrogens is 480 g/mol. The highest BCUT2D eigenvalue weighted by atomic mass is 32.2. The molecule has 0 radical (unpaired) electrons. The monoisotopic (exact) mass is 496 g/mol. The lowest BCUT2D eigenvalue weighted by Crippen LogP contribution is -2.46. The second-order valence-corrected chi connectivity index (χ2v) is 8.65. The smallest absolute Gasteiger partial charge is 0.367 e. The quantitative estimate of drug-likeness (QED) is 0.137. The van der Waals surface area contributed by atoms with Crippen LogP contribution in [0.5, 0.6) is 17.2 Å². The molecule has 1 aliphatic rings. The molecule has 0 aromatic heterocycles. The van der Waals surface area contributed by atoms with Crippen molar-refractivity contribution in [3.63, 3.8) is 0 Å². The molecule has 3 aromatic carbocycles. The van der Waals surface area contributed by atoms with E-state index < -0.39 is 55.7 Å². The molecule has 0 bridgehead atoms. The molecule has 0 saturated carbocycles. The van der Waals surface area contributed by atoms with Crippen molar-refractivity contribution in [2.75, 3.05) is 0 Å². The number of carbonyl (C=O) groups excluding carboxylic acids is 3. The second-order valence-electron chi connectivity index (χ2n) is 7.14. The van der Waals surface area contributed by atoms with Crippen LogP contribution in [0.4, 0.5) is 0 Å². The van der Waals surface area contributed by atoms with Crippen LogP contribution in [0, 0.1) is 0 Å². The van der Waals surface area contributed by atoms with Gasteiger partial charge >= 0.3 is 5.71 Å². The lowest BCUT2D eigenvalue weighted by molar-refractivity contribution is -0.00873. The number of benzene rings is 3. The standard InChI is InChI=1S/C13H10O4.C10H6N2O5S/c14-10-7-6-9(12(16)13(10)17)11(15)8-4-2-1-3-5-8;11-12-7-8(13)5-3-1-2-4-6(5)9(14)10(7)18(15,16)17/h1-7,14,16-17H;1-4,10H,(H,15,16,17). The molecule has 178 valence electrons. The molecule has 0 amide bonds. The summed E-state index contributed by atoms with van der Waals surface area (Å²) >= 11 is 0. The number of rotatable bonds is 3. The summed E-state index contributed by atoms with van der Waals surface area (Å²) in [6.45, 7) is 0. The van der Waals surface area contributed by atoms with Gasteiger partial charge < -0.3 is 20.9 Å². The van der Waals surface area contributed by atoms with Gasteiger partial charge in [0.15, 0.2) is 23.1 Å². The molecule has 0 aliphatic heterocycles. The van der Waals surface area contributed by atoms with Gasteiger partial charge in [-0.3, -0.25) is 18.9 Å². The van der Waals surface area contributed by atoms with Crippen molar-refractivity contribution in [2.24, 2.45) is 0 Å². The Bertz CT molecular complexity index is 1510. The predicted octanol–water partition coefficient (Wildman–Crippen LogP) is 2.03. The van der Waals surface area contributed by atoms with Gasteiger partial charge in [0.2, 0.25) is 5.75 Å². The van der Waals surface area contributed by atoms with Crippen molar-refractivity contribution < 1.29 is 47.5 Å². The third kappa shape index (κ3) is 4.84. The fourth-order valence-corrected chi connectivity index (χ4v) is 4.12. The zero-order valence-electron chi connectivity index (χ0n) is 17.6. The van der Waals surface area contributed by atoms with Crippen LogP contribution in [-0.4, -0.2) is 61.4 Å². The van der Waals surface area contributed by atoms with Gasteiger partial charge in [-0.2, -0.15) is 13.2 Å². The zero-order chi connectivity index (χ0) is 25.9. The molecule has 4 N–H and O–H groups in total. The average Bonchev–Trinajstić information content (AvgIpc) is 2.84. The number of hydrogen-bond acceptors (Lipinski definition) is 8. The second kappa shape index (κ2) is 9.69. The highest BCUT2D eigenvalue weighted by Crippen LogP contribution is 2.37. The zero-order valence-corrected chi connectivity index (χ0v) is 18.4. The third-order valence-corrected chi connectivity index (χ3v) is 6.01. The summed E-state index contributed by atoms with van der Waals surface area (Å²) < 4.78 is 31.2. The lowest BCUT2D eigenvalue weighted by Gasteiger charge is -2.16. The van der Waals surface area contributed by atoms with Gasteiger partial charge in [-0.15, -0.1) is 0 Å². The number of ketones is 3. The van der Waals surface area contributed by atoms with Gasteiger partial charge in [-0.05, 0) is 12.1 Å². The molecule has 1 aliphatic carbocycles. The molecule has 0 fully saturated rings. The van der Waals surface area contributed by atoms with E-state index in [0.717, 1.165) is 6.07 Å². The minimum absolute atomic E-state index is 0.0495. The van der Waals surface area contributed by atoms with E-state index in [4.69, 9.17) is 15.2 Å². The fourth-order valence-electron chi connectivity index (χ4n) is 3.29. The fraction of sp³-hybridized carbons (Fsp3) is 0.0435. The predicted molar refractivity (Wildman–Crippen MR) is 120 cm³/mol. The molecule has 3 aromatic rings. The van der Waals surface area contributed by atoms with Gasteiger partial charge in [-0.1, -0.05) is 54.6 Å². The Morgan fingerprint density at radius 1 is 0.829 bits per heavy atom. The average molecular weight is 496 g/mol. The van der Waals surface area contributed by atoms with E-state index >= 15 is 0 Å². The first-order valence-electron chi connectivity index (χ1n) is 9.68. The van der Waals surface area contributed by atoms with Gasteiger partial charge in [0.1, 0.15) is 0 Å². The number of phenolic OH excluding ortho intramolecular Hbond substituents is 3. The van der Waals surface area contributed by atoms with Crippen LogP contribution in [0.3, 0.4) is 0 Å². The van der Waals surface area contributed by atoms with E-state index in [0.29, 0.717) is 5.56 Å². The Hall–Kier alpha value is -4.64. The van der Waals surface area contributed by atoms with E-state index in [1.165, 1.54) is 30.3 Å². The maximum absolute atomic E-state index is 12.0. The topological polar surface area (TPSA) is 203 Å². The molecular formula is C23H16N2O9S. The van der Waals surface area contributed by atoms with Gasteiger partial charge in [0.25, 0.3) is 21.2 Å². The van der Waals surface area contributed by atoms with E-state index in [1.54, 1.807) is 30.3 Å². The normalized spacial score (nSPS) is 14.9. The SMILES string of the molecule is O=C(c1ccccc1)c1ccc(O)c(O)c1O.[N-]=[N+]=C1C(=O)c2ccccc2C(=O)C1S(=O)(=O)O. The van der Waals surface area contributed by atoms with Crippen LogP contribution < -0.4 is 0 Å². The molecule has 1 unspecified atom stereocenters. The van der Waals surface area contributed by atoms with Crippen LogP contribution in [-0.2, 0) is 10.1 Å². The van der Waals surface area contributed by atoms with E-state index in [2.05, 4.69) is 4.79 Å². The summed E-state index contributed by atoms with van der Waals surface area (Å²) in [4.78, 5) is 38.2. The highest BCUT2D eigenvalue weighted by Gasteiger charge is 2.51. The van der Waals surface area contributed by atoms with Crippen LogP contribution >= 0.6 is 0 Å². The number of nitrogens with zero attached hydrogens (tertiary/aromatic N) is 2. The molecule has 1 atom stereocenters. The van der Waals surface area contributed by atoms with Gasteiger partial charge in [0, 0.05) is 16.7 Å². The Morgan fingerprint density at radius 2 is 1.40 bits per heavy atom. The first-order chi connectivity index (χ1) is 16.5. The van der Waals surface area contributed by atoms with Crippen molar-refractivity contribution in [3.05, 3.63) is 94.5 Å². The summed E-state index contributed by atoms with van der Waals surface area (Å²) in [5, 5.41) is 25.9. The number of hydrogen-bond donors (Lipinski definition) is 4. The van der Waals surface area contributed by atoms with Gasteiger partial charge in [-0.25, -0.2) is 0 Å². The molecule has 0 saturated heterocycles. The highest BCUT2D eigenvalue weighted by molar-refractivity contribution is 7.88.